The van der Waals surface area contributed by atoms with Crippen LogP contribution < -0.4 is 15.4 Å². The number of piperidine rings is 1. The molecule has 4 rings (SSSR count). The highest BCUT2D eigenvalue weighted by atomic mass is 35.5. The molecule has 0 bridgehead atoms. The van der Waals surface area contributed by atoms with Crippen molar-refractivity contribution in [3.05, 3.63) is 59.4 Å². The molecule has 0 amide bonds. The minimum atomic E-state index is 0.249. The third kappa shape index (κ3) is 5.58. The second-order valence-electron chi connectivity index (χ2n) is 7.54. The van der Waals surface area contributed by atoms with Gasteiger partial charge in [-0.15, -0.1) is 0 Å². The van der Waals surface area contributed by atoms with Crippen LogP contribution in [-0.4, -0.2) is 36.2 Å². The van der Waals surface area contributed by atoms with Crippen molar-refractivity contribution in [3.63, 3.8) is 0 Å². The summed E-state index contributed by atoms with van der Waals surface area (Å²) in [7, 11) is 0. The van der Waals surface area contributed by atoms with Crippen LogP contribution in [0.4, 0.5) is 5.82 Å². The van der Waals surface area contributed by atoms with E-state index < -0.39 is 0 Å². The fraction of sp³-hybridized carbons (Fsp3) is 0.391. The Morgan fingerprint density at radius 2 is 1.90 bits per heavy atom. The highest BCUT2D eigenvalue weighted by Crippen LogP contribution is 2.27. The molecule has 29 heavy (non-hydrogen) atoms. The highest BCUT2D eigenvalue weighted by Gasteiger charge is 2.14. The van der Waals surface area contributed by atoms with Crippen molar-refractivity contribution in [1.29, 1.82) is 0 Å². The van der Waals surface area contributed by atoms with E-state index in [1.807, 2.05) is 24.3 Å². The zero-order chi connectivity index (χ0) is 19.9. The summed E-state index contributed by atoms with van der Waals surface area (Å²) in [5.41, 5.74) is 2.15. The van der Waals surface area contributed by atoms with Crippen LogP contribution in [0.1, 0.15) is 24.8 Å². The molecule has 2 aromatic carbocycles. The number of hydrogen-bond acceptors (Lipinski definition) is 5. The predicted molar refractivity (Wildman–Crippen MR) is 119 cm³/mol. The Hall–Kier alpha value is -2.37. The van der Waals surface area contributed by atoms with Gasteiger partial charge in [0.05, 0.1) is 12.1 Å². The fourth-order valence-corrected chi connectivity index (χ4v) is 3.89. The first-order chi connectivity index (χ1) is 14.3. The van der Waals surface area contributed by atoms with Crippen molar-refractivity contribution < 1.29 is 4.74 Å². The van der Waals surface area contributed by atoms with E-state index >= 15 is 0 Å². The number of fused-ring (bicyclic) bond motifs is 1. The third-order valence-electron chi connectivity index (χ3n) is 5.36. The number of aryl methyl sites for hydroxylation is 1. The molecule has 6 heteroatoms. The fourth-order valence-electron chi connectivity index (χ4n) is 3.71. The van der Waals surface area contributed by atoms with Gasteiger partial charge in [-0.2, -0.15) is 0 Å². The van der Waals surface area contributed by atoms with Crippen molar-refractivity contribution in [2.45, 2.75) is 25.7 Å². The molecular weight excluding hydrogens is 384 g/mol. The van der Waals surface area contributed by atoms with Crippen molar-refractivity contribution in [2.24, 2.45) is 5.92 Å². The Bertz CT molecular complexity index is 929. The molecular formula is C23H27ClN4O. The normalized spacial score (nSPS) is 14.8. The maximum Gasteiger partial charge on any atom is 0.224 e. The molecule has 5 nitrogen and oxygen atoms in total. The lowest BCUT2D eigenvalue weighted by Crippen LogP contribution is -2.30. The molecule has 1 fully saturated rings. The maximum atomic E-state index is 6.17. The van der Waals surface area contributed by atoms with Gasteiger partial charge in [0.1, 0.15) is 11.6 Å². The molecule has 0 atom stereocenters. The number of rotatable bonds is 8. The van der Waals surface area contributed by atoms with Gasteiger partial charge in [0.25, 0.3) is 0 Å². The van der Waals surface area contributed by atoms with Gasteiger partial charge >= 0.3 is 0 Å². The third-order valence-corrected chi connectivity index (χ3v) is 5.53. The van der Waals surface area contributed by atoms with Crippen LogP contribution in [0, 0.1) is 5.92 Å². The van der Waals surface area contributed by atoms with Gasteiger partial charge in [0.15, 0.2) is 0 Å². The smallest absolute Gasteiger partial charge is 0.224 e. The Morgan fingerprint density at radius 3 is 2.72 bits per heavy atom. The van der Waals surface area contributed by atoms with E-state index in [0.717, 1.165) is 61.6 Å². The second-order valence-corrected chi connectivity index (χ2v) is 7.88. The van der Waals surface area contributed by atoms with Crippen LogP contribution in [0.5, 0.6) is 5.75 Å². The molecule has 2 N–H and O–H groups in total. The summed E-state index contributed by atoms with van der Waals surface area (Å²) in [6.45, 7) is 3.73. The molecule has 0 radical (unpaired) electrons. The quantitative estimate of drug-likeness (QED) is 0.416. The van der Waals surface area contributed by atoms with Crippen LogP contribution in [0.3, 0.4) is 0 Å². The van der Waals surface area contributed by atoms with Crippen LogP contribution >= 0.6 is 11.6 Å². The second kappa shape index (κ2) is 9.90. The average Bonchev–Trinajstić information content (AvgIpc) is 2.76. The van der Waals surface area contributed by atoms with E-state index in [1.165, 1.54) is 18.4 Å². The Kier molecular flexibility index (Phi) is 6.80. The minimum absolute atomic E-state index is 0.249. The molecule has 0 saturated carbocycles. The van der Waals surface area contributed by atoms with Crippen LogP contribution in [0.15, 0.2) is 48.5 Å². The molecule has 2 heterocycles. The molecule has 0 spiro atoms. The Labute approximate surface area is 176 Å². The number of nitrogens with zero attached hydrogens (tertiary/aromatic N) is 2. The number of halogens is 1. The number of hydrogen-bond donors (Lipinski definition) is 2. The summed E-state index contributed by atoms with van der Waals surface area (Å²) in [5, 5.41) is 8.01. The first-order valence-corrected chi connectivity index (χ1v) is 10.7. The molecule has 1 saturated heterocycles. The first-order valence-electron chi connectivity index (χ1n) is 10.4. The van der Waals surface area contributed by atoms with Gasteiger partial charge in [-0.25, -0.2) is 9.97 Å². The van der Waals surface area contributed by atoms with Gasteiger partial charge in [-0.3, -0.25) is 0 Å². The molecule has 1 aliphatic heterocycles. The van der Waals surface area contributed by atoms with Gasteiger partial charge in [0.2, 0.25) is 5.28 Å². The molecule has 1 aromatic heterocycles. The van der Waals surface area contributed by atoms with E-state index in [1.54, 1.807) is 0 Å². The van der Waals surface area contributed by atoms with Gasteiger partial charge in [-0.05, 0) is 74.0 Å². The number of aromatic nitrogens is 2. The lowest BCUT2D eigenvalue weighted by molar-refractivity contribution is 0.215. The van der Waals surface area contributed by atoms with Crippen LogP contribution in [-0.2, 0) is 6.42 Å². The molecule has 152 valence electrons. The van der Waals surface area contributed by atoms with Gasteiger partial charge < -0.3 is 15.4 Å². The zero-order valence-electron chi connectivity index (χ0n) is 16.5. The average molecular weight is 411 g/mol. The van der Waals surface area contributed by atoms with Crippen molar-refractivity contribution in [1.82, 2.24) is 15.3 Å². The maximum absolute atomic E-state index is 6.17. The number of ether oxygens (including phenoxy) is 1. The van der Waals surface area contributed by atoms with E-state index in [-0.39, 0.29) is 5.28 Å². The number of anilines is 1. The molecule has 1 aliphatic rings. The van der Waals surface area contributed by atoms with Crippen molar-refractivity contribution >= 4 is 28.3 Å². The standard InChI is InChI=1S/C23H27ClN4O/c24-23-27-21-15-19(29-16-18-10-13-25-14-11-18)8-9-20(21)22(28-23)26-12-4-7-17-5-2-1-3-6-17/h1-3,5-6,8-9,15,18,25H,4,7,10-14,16H2,(H,26,27,28). The SMILES string of the molecule is Clc1nc(NCCCc2ccccc2)c2ccc(OCC3CCNCC3)cc2n1. The zero-order valence-corrected chi connectivity index (χ0v) is 17.3. The molecule has 0 unspecified atom stereocenters. The lowest BCUT2D eigenvalue weighted by atomic mass is 9.99. The van der Waals surface area contributed by atoms with Gasteiger partial charge in [-0.1, -0.05) is 30.3 Å². The minimum Gasteiger partial charge on any atom is -0.493 e. The topological polar surface area (TPSA) is 59.1 Å². The summed E-state index contributed by atoms with van der Waals surface area (Å²) < 4.78 is 6.03. The summed E-state index contributed by atoms with van der Waals surface area (Å²) >= 11 is 6.17. The van der Waals surface area contributed by atoms with E-state index in [9.17, 15) is 0 Å². The molecule has 3 aromatic rings. The molecule has 0 aliphatic carbocycles. The Balaban J connectivity index is 1.38. The highest BCUT2D eigenvalue weighted by molar-refractivity contribution is 6.28. The number of benzene rings is 2. The lowest BCUT2D eigenvalue weighted by Gasteiger charge is -2.22. The monoisotopic (exact) mass is 410 g/mol. The van der Waals surface area contributed by atoms with Crippen molar-refractivity contribution in [3.8, 4) is 5.75 Å². The van der Waals surface area contributed by atoms with Crippen LogP contribution in [0.25, 0.3) is 10.9 Å². The number of nitrogens with one attached hydrogen (secondary N) is 2. The summed E-state index contributed by atoms with van der Waals surface area (Å²) in [5.74, 6) is 2.22. The summed E-state index contributed by atoms with van der Waals surface area (Å²) in [4.78, 5) is 8.78. The van der Waals surface area contributed by atoms with Crippen LogP contribution in [0.2, 0.25) is 5.28 Å². The summed E-state index contributed by atoms with van der Waals surface area (Å²) in [6.07, 6.45) is 4.38. The Morgan fingerprint density at radius 1 is 1.07 bits per heavy atom. The van der Waals surface area contributed by atoms with Gasteiger partial charge in [0, 0.05) is 18.0 Å². The van der Waals surface area contributed by atoms with Crippen molar-refractivity contribution in [2.75, 3.05) is 31.6 Å². The van der Waals surface area contributed by atoms with E-state index in [0.29, 0.717) is 5.92 Å². The van der Waals surface area contributed by atoms with E-state index in [4.69, 9.17) is 16.3 Å². The predicted octanol–water partition coefficient (Wildman–Crippen LogP) is 4.71. The largest absolute Gasteiger partial charge is 0.493 e. The summed E-state index contributed by atoms with van der Waals surface area (Å²) in [6, 6.07) is 16.5. The first kappa shape index (κ1) is 19.9. The van der Waals surface area contributed by atoms with E-state index in [2.05, 4.69) is 44.9 Å².